The van der Waals surface area contributed by atoms with Gasteiger partial charge in [0.25, 0.3) is 0 Å². The molecule has 2 N–H and O–H groups in total. The number of nitrogens with zero attached hydrogens (tertiary/aromatic N) is 3. The van der Waals surface area contributed by atoms with E-state index < -0.39 is 5.60 Å². The van der Waals surface area contributed by atoms with E-state index in [1.807, 2.05) is 10.6 Å². The van der Waals surface area contributed by atoms with Gasteiger partial charge in [-0.15, -0.1) is 0 Å². The first kappa shape index (κ1) is 12.6. The minimum Gasteiger partial charge on any atom is -0.393 e. The van der Waals surface area contributed by atoms with E-state index in [0.717, 1.165) is 15.0 Å². The Balaban J connectivity index is 2.02. The summed E-state index contributed by atoms with van der Waals surface area (Å²) in [7, 11) is 0. The predicted octanol–water partition coefficient (Wildman–Crippen LogP) is 1.59. The summed E-state index contributed by atoms with van der Waals surface area (Å²) in [6, 6.07) is 0. The van der Waals surface area contributed by atoms with Gasteiger partial charge in [-0.2, -0.15) is 0 Å². The fraction of sp³-hybridized carbons (Fsp3) is 0.455. The van der Waals surface area contributed by atoms with Crippen LogP contribution in [-0.4, -0.2) is 36.8 Å². The molecule has 0 amide bonds. The molecule has 5 nitrogen and oxygen atoms in total. The molecule has 1 fully saturated rings. The summed E-state index contributed by atoms with van der Waals surface area (Å²) in [5.74, 6) is 1.02. The normalized spacial score (nSPS) is 27.4. The third-order valence-corrected chi connectivity index (χ3v) is 4.44. The fourth-order valence-electron chi connectivity index (χ4n) is 2.44. The second-order valence-electron chi connectivity index (χ2n) is 4.69. The van der Waals surface area contributed by atoms with Crippen molar-refractivity contribution in [1.82, 2.24) is 14.4 Å². The topological polar surface area (TPSA) is 70.7 Å². The average Bonchev–Trinajstić information content (AvgIpc) is 2.64. The van der Waals surface area contributed by atoms with Crippen LogP contribution < -0.4 is 0 Å². The summed E-state index contributed by atoms with van der Waals surface area (Å²) in [6.45, 7) is -0.202. The lowest BCUT2D eigenvalue weighted by molar-refractivity contribution is -0.0882. The second-order valence-corrected chi connectivity index (χ2v) is 6.06. The highest BCUT2D eigenvalue weighted by molar-refractivity contribution is 14.1. The van der Waals surface area contributed by atoms with Crippen LogP contribution in [0.2, 0.25) is 5.15 Å². The van der Waals surface area contributed by atoms with Crippen LogP contribution in [0.15, 0.2) is 12.4 Å². The van der Waals surface area contributed by atoms with Crippen LogP contribution in [0, 0.1) is 3.70 Å². The number of hydrogen-bond acceptors (Lipinski definition) is 4. The molecular weight excluding hydrogens is 368 g/mol. The van der Waals surface area contributed by atoms with Crippen LogP contribution in [0.3, 0.4) is 0 Å². The van der Waals surface area contributed by atoms with Crippen LogP contribution >= 0.6 is 34.2 Å². The molecule has 0 spiro atoms. The maximum Gasteiger partial charge on any atom is 0.155 e. The third kappa shape index (κ3) is 1.82. The second kappa shape index (κ2) is 4.29. The molecule has 3 rings (SSSR count). The molecular formula is C11H11ClIN3O2. The number of hydrogen-bond donors (Lipinski definition) is 2. The Kier molecular flexibility index (Phi) is 3.00. The summed E-state index contributed by atoms with van der Waals surface area (Å²) >= 11 is 8.19. The molecule has 0 atom stereocenters. The van der Waals surface area contributed by atoms with E-state index in [1.165, 1.54) is 0 Å². The Hall–Kier alpha value is -0.440. The molecule has 1 aliphatic rings. The van der Waals surface area contributed by atoms with E-state index in [9.17, 15) is 5.11 Å². The number of aromatic nitrogens is 3. The molecule has 1 saturated carbocycles. The lowest BCUT2D eigenvalue weighted by Crippen LogP contribution is -2.46. The summed E-state index contributed by atoms with van der Waals surface area (Å²) in [5, 5.41) is 19.3. The van der Waals surface area contributed by atoms with Crippen molar-refractivity contribution in [2.45, 2.75) is 24.4 Å². The summed E-state index contributed by atoms with van der Waals surface area (Å²) in [4.78, 5) is 8.54. The van der Waals surface area contributed by atoms with Crippen LogP contribution in [-0.2, 0) is 0 Å². The van der Waals surface area contributed by atoms with Gasteiger partial charge in [-0.1, -0.05) is 11.6 Å². The molecule has 0 bridgehead atoms. The van der Waals surface area contributed by atoms with Crippen molar-refractivity contribution in [3.63, 3.8) is 0 Å². The van der Waals surface area contributed by atoms with Crippen molar-refractivity contribution < 1.29 is 10.2 Å². The molecule has 2 aromatic rings. The Labute approximate surface area is 122 Å². The third-order valence-electron chi connectivity index (χ3n) is 3.41. The van der Waals surface area contributed by atoms with Crippen LogP contribution in [0.5, 0.6) is 0 Å². The van der Waals surface area contributed by atoms with E-state index in [1.54, 1.807) is 6.20 Å². The first-order chi connectivity index (χ1) is 8.54. The first-order valence-corrected chi connectivity index (χ1v) is 7.01. The molecule has 2 aromatic heterocycles. The molecule has 18 heavy (non-hydrogen) atoms. The zero-order chi connectivity index (χ0) is 12.9. The molecule has 0 saturated heterocycles. The SMILES string of the molecule is OCC1(O)CC(c2nc(I)c3c(Cl)nccn23)C1. The van der Waals surface area contributed by atoms with Gasteiger partial charge >= 0.3 is 0 Å². The zero-order valence-corrected chi connectivity index (χ0v) is 12.3. The largest absolute Gasteiger partial charge is 0.393 e. The van der Waals surface area contributed by atoms with Crippen molar-refractivity contribution in [3.8, 4) is 0 Å². The first-order valence-electron chi connectivity index (χ1n) is 5.55. The summed E-state index contributed by atoms with van der Waals surface area (Å²) in [5.41, 5.74) is -0.145. The van der Waals surface area contributed by atoms with Gasteiger partial charge in [0.05, 0.1) is 12.2 Å². The standard InChI is InChI=1S/C11H11ClIN3O2/c12-8-7-9(13)15-10(16(7)2-1-14-8)6-3-11(18,4-6)5-17/h1-2,6,17-18H,3-5H2. The van der Waals surface area contributed by atoms with Gasteiger partial charge in [-0.25, -0.2) is 9.97 Å². The highest BCUT2D eigenvalue weighted by Gasteiger charge is 2.44. The smallest absolute Gasteiger partial charge is 0.155 e. The Bertz CT molecular complexity index is 610. The van der Waals surface area contributed by atoms with Gasteiger partial charge in [0.2, 0.25) is 0 Å². The molecule has 0 aromatic carbocycles. The Morgan fingerprint density at radius 1 is 1.56 bits per heavy atom. The number of fused-ring (bicyclic) bond motifs is 1. The van der Waals surface area contributed by atoms with Gasteiger partial charge in [0.1, 0.15) is 15.0 Å². The van der Waals surface area contributed by atoms with Gasteiger partial charge in [-0.3, -0.25) is 4.40 Å². The number of halogens is 2. The summed E-state index contributed by atoms with van der Waals surface area (Å²) in [6.07, 6.45) is 4.51. The van der Waals surface area contributed by atoms with Crippen LogP contribution in [0.1, 0.15) is 24.6 Å². The maximum absolute atomic E-state index is 9.86. The fourth-order valence-corrected chi connectivity index (χ4v) is 3.60. The lowest BCUT2D eigenvalue weighted by atomic mass is 9.71. The zero-order valence-electron chi connectivity index (χ0n) is 9.35. The van der Waals surface area contributed by atoms with Gasteiger partial charge in [-0.05, 0) is 35.4 Å². The van der Waals surface area contributed by atoms with Gasteiger partial charge in [0.15, 0.2) is 5.15 Å². The summed E-state index contributed by atoms with van der Waals surface area (Å²) < 4.78 is 2.72. The minimum atomic E-state index is -0.946. The molecule has 96 valence electrons. The van der Waals surface area contributed by atoms with Crippen molar-refractivity contribution in [3.05, 3.63) is 27.1 Å². The van der Waals surface area contributed by atoms with E-state index in [2.05, 4.69) is 32.6 Å². The van der Waals surface area contributed by atoms with Gasteiger partial charge < -0.3 is 10.2 Å². The highest BCUT2D eigenvalue weighted by atomic mass is 127. The number of aliphatic hydroxyl groups excluding tert-OH is 1. The van der Waals surface area contributed by atoms with Gasteiger partial charge in [0, 0.05) is 18.3 Å². The minimum absolute atomic E-state index is 0.150. The Morgan fingerprint density at radius 2 is 2.28 bits per heavy atom. The predicted molar refractivity (Wildman–Crippen MR) is 74.7 cm³/mol. The molecule has 0 radical (unpaired) electrons. The highest BCUT2D eigenvalue weighted by Crippen LogP contribution is 2.44. The van der Waals surface area contributed by atoms with Crippen molar-refractivity contribution in [2.24, 2.45) is 0 Å². The van der Waals surface area contributed by atoms with Crippen LogP contribution in [0.4, 0.5) is 0 Å². The molecule has 7 heteroatoms. The average molecular weight is 380 g/mol. The number of rotatable bonds is 2. The van der Waals surface area contributed by atoms with E-state index >= 15 is 0 Å². The maximum atomic E-state index is 9.86. The number of imidazole rings is 1. The van der Waals surface area contributed by atoms with E-state index in [-0.39, 0.29) is 12.5 Å². The lowest BCUT2D eigenvalue weighted by Gasteiger charge is -2.41. The van der Waals surface area contributed by atoms with Crippen molar-refractivity contribution >= 4 is 39.7 Å². The molecule has 0 aliphatic heterocycles. The van der Waals surface area contributed by atoms with E-state index in [0.29, 0.717) is 18.0 Å². The Morgan fingerprint density at radius 3 is 2.94 bits per heavy atom. The molecule has 1 aliphatic carbocycles. The molecule has 0 unspecified atom stereocenters. The molecule has 2 heterocycles. The quantitative estimate of drug-likeness (QED) is 0.778. The van der Waals surface area contributed by atoms with E-state index in [4.69, 9.17) is 16.7 Å². The number of aliphatic hydroxyl groups is 2. The monoisotopic (exact) mass is 379 g/mol. The van der Waals surface area contributed by atoms with Crippen molar-refractivity contribution in [2.75, 3.05) is 6.61 Å². The van der Waals surface area contributed by atoms with Crippen molar-refractivity contribution in [1.29, 1.82) is 0 Å². The van der Waals surface area contributed by atoms with Crippen LogP contribution in [0.25, 0.3) is 5.52 Å².